The minimum absolute atomic E-state index is 0.844. The van der Waals surface area contributed by atoms with Crippen molar-refractivity contribution in [3.63, 3.8) is 0 Å². The lowest BCUT2D eigenvalue weighted by atomic mass is 10.1. The Morgan fingerprint density at radius 3 is 2.83 bits per heavy atom. The first-order valence-electron chi connectivity index (χ1n) is 7.26. The lowest BCUT2D eigenvalue weighted by Gasteiger charge is -2.20. The second-order valence-electron chi connectivity index (χ2n) is 5.63. The second-order valence-corrected chi connectivity index (χ2v) is 5.63. The van der Waals surface area contributed by atoms with Gasteiger partial charge in [0.15, 0.2) is 0 Å². The summed E-state index contributed by atoms with van der Waals surface area (Å²) in [6.07, 6.45) is 2.53. The van der Waals surface area contributed by atoms with Crippen LogP contribution in [0.5, 0.6) is 0 Å². The van der Waals surface area contributed by atoms with Crippen molar-refractivity contribution >= 4 is 5.69 Å². The molecule has 0 saturated carbocycles. The van der Waals surface area contributed by atoms with Crippen molar-refractivity contribution in [2.24, 2.45) is 5.92 Å². The van der Waals surface area contributed by atoms with Crippen molar-refractivity contribution in [1.82, 2.24) is 5.32 Å². The summed E-state index contributed by atoms with van der Waals surface area (Å²) < 4.78 is 0. The van der Waals surface area contributed by atoms with Gasteiger partial charge in [-0.3, -0.25) is 0 Å². The Labute approximate surface area is 111 Å². The third-order valence-corrected chi connectivity index (χ3v) is 3.86. The molecular weight excluding hydrogens is 220 g/mol. The van der Waals surface area contributed by atoms with Gasteiger partial charge in [0.1, 0.15) is 0 Å². The summed E-state index contributed by atoms with van der Waals surface area (Å²) in [5.41, 5.74) is 4.24. The Morgan fingerprint density at radius 2 is 2.22 bits per heavy atom. The summed E-state index contributed by atoms with van der Waals surface area (Å²) in [6.45, 7) is 11.3. The third kappa shape index (κ3) is 3.26. The van der Waals surface area contributed by atoms with Crippen LogP contribution >= 0.6 is 0 Å². The normalized spacial score (nSPS) is 19.5. The number of nitrogens with zero attached hydrogens (tertiary/aromatic N) is 1. The van der Waals surface area contributed by atoms with Gasteiger partial charge in [-0.2, -0.15) is 0 Å². The van der Waals surface area contributed by atoms with E-state index >= 15 is 0 Å². The molecule has 1 aliphatic heterocycles. The monoisotopic (exact) mass is 246 g/mol. The molecule has 2 rings (SSSR count). The number of hydrogen-bond acceptors (Lipinski definition) is 2. The summed E-state index contributed by atoms with van der Waals surface area (Å²) in [7, 11) is 0. The van der Waals surface area contributed by atoms with Crippen LogP contribution in [0.1, 0.15) is 37.8 Å². The highest BCUT2D eigenvalue weighted by Crippen LogP contribution is 2.25. The number of rotatable bonds is 5. The molecule has 0 aliphatic carbocycles. The van der Waals surface area contributed by atoms with Crippen molar-refractivity contribution in [2.75, 3.05) is 24.5 Å². The van der Waals surface area contributed by atoms with Gasteiger partial charge < -0.3 is 10.2 Å². The van der Waals surface area contributed by atoms with Crippen molar-refractivity contribution in [3.8, 4) is 0 Å². The van der Waals surface area contributed by atoms with Crippen LogP contribution in [-0.4, -0.2) is 19.6 Å². The van der Waals surface area contributed by atoms with Crippen LogP contribution in [0.3, 0.4) is 0 Å². The van der Waals surface area contributed by atoms with Crippen LogP contribution in [-0.2, 0) is 6.54 Å². The molecule has 1 fully saturated rings. The van der Waals surface area contributed by atoms with E-state index < -0.39 is 0 Å². The van der Waals surface area contributed by atoms with E-state index in [2.05, 4.69) is 49.2 Å². The van der Waals surface area contributed by atoms with E-state index in [1.54, 1.807) is 0 Å². The van der Waals surface area contributed by atoms with Crippen molar-refractivity contribution in [2.45, 2.75) is 40.2 Å². The molecule has 1 N–H and O–H groups in total. The van der Waals surface area contributed by atoms with Gasteiger partial charge in [0.2, 0.25) is 0 Å². The molecule has 0 amide bonds. The molecule has 0 radical (unpaired) electrons. The number of anilines is 1. The molecule has 18 heavy (non-hydrogen) atoms. The molecule has 0 aromatic heterocycles. The maximum Gasteiger partial charge on any atom is 0.0369 e. The van der Waals surface area contributed by atoms with E-state index in [-0.39, 0.29) is 0 Å². The molecule has 2 heteroatoms. The Kier molecular flexibility index (Phi) is 4.65. The van der Waals surface area contributed by atoms with E-state index in [4.69, 9.17) is 0 Å². The third-order valence-electron chi connectivity index (χ3n) is 3.86. The Morgan fingerprint density at radius 1 is 1.39 bits per heavy atom. The summed E-state index contributed by atoms with van der Waals surface area (Å²) in [5.74, 6) is 0.844. The average molecular weight is 246 g/mol. The van der Waals surface area contributed by atoms with Gasteiger partial charge in [0.25, 0.3) is 0 Å². The SMILES string of the molecule is CCCNCc1ccc(N2CCC(C)C2)cc1C. The molecule has 1 atom stereocenters. The highest BCUT2D eigenvalue weighted by atomic mass is 15.1. The van der Waals surface area contributed by atoms with Crippen LogP contribution in [0.25, 0.3) is 0 Å². The van der Waals surface area contributed by atoms with Gasteiger partial charge in [-0.25, -0.2) is 0 Å². The molecule has 1 aromatic rings. The molecule has 0 bridgehead atoms. The summed E-state index contributed by atoms with van der Waals surface area (Å²) in [6, 6.07) is 6.92. The summed E-state index contributed by atoms with van der Waals surface area (Å²) in [4.78, 5) is 2.51. The van der Waals surface area contributed by atoms with E-state index in [9.17, 15) is 0 Å². The highest BCUT2D eigenvalue weighted by molar-refractivity contribution is 5.51. The molecule has 1 heterocycles. The van der Waals surface area contributed by atoms with Crippen molar-refractivity contribution in [3.05, 3.63) is 29.3 Å². The fraction of sp³-hybridized carbons (Fsp3) is 0.625. The first kappa shape index (κ1) is 13.4. The maximum absolute atomic E-state index is 3.47. The average Bonchev–Trinajstić information content (AvgIpc) is 2.78. The van der Waals surface area contributed by atoms with Crippen LogP contribution in [0.2, 0.25) is 0 Å². The zero-order valence-corrected chi connectivity index (χ0v) is 12.0. The van der Waals surface area contributed by atoms with Crippen LogP contribution in [0.15, 0.2) is 18.2 Å². The Balaban J connectivity index is 2.00. The molecule has 1 unspecified atom stereocenters. The van der Waals surface area contributed by atoms with Crippen molar-refractivity contribution in [1.29, 1.82) is 0 Å². The maximum atomic E-state index is 3.47. The molecule has 0 spiro atoms. The van der Waals surface area contributed by atoms with E-state index in [0.29, 0.717) is 0 Å². The van der Waals surface area contributed by atoms with Gasteiger partial charge in [-0.15, -0.1) is 0 Å². The Hall–Kier alpha value is -1.02. The molecular formula is C16H26N2. The number of nitrogens with one attached hydrogen (secondary N) is 1. The van der Waals surface area contributed by atoms with Gasteiger partial charge in [-0.1, -0.05) is 19.9 Å². The smallest absolute Gasteiger partial charge is 0.0369 e. The number of aryl methyl sites for hydroxylation is 1. The van der Waals surface area contributed by atoms with E-state index in [0.717, 1.165) is 19.0 Å². The topological polar surface area (TPSA) is 15.3 Å². The summed E-state index contributed by atoms with van der Waals surface area (Å²) in [5, 5.41) is 3.47. The first-order valence-corrected chi connectivity index (χ1v) is 7.26. The Bertz CT molecular complexity index is 387. The molecule has 1 aliphatic rings. The number of hydrogen-bond donors (Lipinski definition) is 1. The van der Waals surface area contributed by atoms with Gasteiger partial charge in [0, 0.05) is 25.3 Å². The standard InChI is InChI=1S/C16H26N2/c1-4-8-17-11-15-5-6-16(10-14(15)3)18-9-7-13(2)12-18/h5-6,10,13,17H,4,7-9,11-12H2,1-3H3. The lowest BCUT2D eigenvalue weighted by molar-refractivity contribution is 0.659. The van der Waals surface area contributed by atoms with Crippen molar-refractivity contribution < 1.29 is 0 Å². The fourth-order valence-corrected chi connectivity index (χ4v) is 2.64. The minimum Gasteiger partial charge on any atom is -0.371 e. The molecule has 1 saturated heterocycles. The predicted molar refractivity (Wildman–Crippen MR) is 79.2 cm³/mol. The fourth-order valence-electron chi connectivity index (χ4n) is 2.64. The lowest BCUT2D eigenvalue weighted by Crippen LogP contribution is -2.19. The van der Waals surface area contributed by atoms with Gasteiger partial charge in [-0.05, 0) is 55.5 Å². The largest absolute Gasteiger partial charge is 0.371 e. The highest BCUT2D eigenvalue weighted by Gasteiger charge is 2.18. The molecule has 100 valence electrons. The first-order chi connectivity index (χ1) is 8.70. The molecule has 1 aromatic carbocycles. The number of benzene rings is 1. The molecule has 2 nitrogen and oxygen atoms in total. The predicted octanol–water partition coefficient (Wildman–Crippen LogP) is 3.34. The quantitative estimate of drug-likeness (QED) is 0.802. The van der Waals surface area contributed by atoms with Gasteiger partial charge in [0.05, 0.1) is 0 Å². The zero-order valence-electron chi connectivity index (χ0n) is 12.0. The zero-order chi connectivity index (χ0) is 13.0. The van der Waals surface area contributed by atoms with E-state index in [1.165, 1.54) is 42.7 Å². The second kappa shape index (κ2) is 6.24. The van der Waals surface area contributed by atoms with Gasteiger partial charge >= 0.3 is 0 Å². The van der Waals surface area contributed by atoms with Crippen LogP contribution < -0.4 is 10.2 Å². The van der Waals surface area contributed by atoms with Crippen LogP contribution in [0, 0.1) is 12.8 Å². The minimum atomic E-state index is 0.844. The van der Waals surface area contributed by atoms with Crippen LogP contribution in [0.4, 0.5) is 5.69 Å². The van der Waals surface area contributed by atoms with E-state index in [1.807, 2.05) is 0 Å². The summed E-state index contributed by atoms with van der Waals surface area (Å²) >= 11 is 0.